The Labute approximate surface area is 166 Å². The molecule has 3 aromatic rings. The van der Waals surface area contributed by atoms with E-state index in [1.165, 1.54) is 0 Å². The van der Waals surface area contributed by atoms with Crippen LogP contribution in [-0.4, -0.2) is 32.5 Å². The third kappa shape index (κ3) is 3.30. The summed E-state index contributed by atoms with van der Waals surface area (Å²) in [6.07, 6.45) is 5.58. The number of fused-ring (bicyclic) bond motifs is 1. The lowest BCUT2D eigenvalue weighted by molar-refractivity contribution is -0.116. The summed E-state index contributed by atoms with van der Waals surface area (Å²) in [4.78, 5) is 12.4. The molecule has 28 heavy (non-hydrogen) atoms. The van der Waals surface area contributed by atoms with Gasteiger partial charge in [-0.15, -0.1) is 16.6 Å². The van der Waals surface area contributed by atoms with Crippen LogP contribution in [0.2, 0.25) is 5.15 Å². The van der Waals surface area contributed by atoms with Crippen molar-refractivity contribution in [3.05, 3.63) is 58.4 Å². The van der Waals surface area contributed by atoms with Crippen molar-refractivity contribution in [2.24, 2.45) is 0 Å². The maximum atomic E-state index is 12.4. The Morgan fingerprint density at radius 1 is 1.36 bits per heavy atom. The number of hydrogen-bond donors (Lipinski definition) is 1. The maximum absolute atomic E-state index is 12.4. The van der Waals surface area contributed by atoms with E-state index >= 15 is 0 Å². The summed E-state index contributed by atoms with van der Waals surface area (Å²) in [5, 5.41) is 15.7. The van der Waals surface area contributed by atoms with Crippen molar-refractivity contribution >= 4 is 23.3 Å². The van der Waals surface area contributed by atoms with E-state index in [1.54, 1.807) is 16.8 Å². The smallest absolute Gasteiger partial charge is 0.226 e. The van der Waals surface area contributed by atoms with Crippen molar-refractivity contribution in [2.45, 2.75) is 19.3 Å². The molecule has 1 N–H and O–H groups in total. The van der Waals surface area contributed by atoms with Crippen LogP contribution in [0.3, 0.4) is 0 Å². The first kappa shape index (κ1) is 18.0. The Bertz CT molecular complexity index is 1080. The summed E-state index contributed by atoms with van der Waals surface area (Å²) in [5.74, 6) is 3.91. The number of benzene rings is 1. The first-order chi connectivity index (χ1) is 13.6. The lowest BCUT2D eigenvalue weighted by Gasteiger charge is -2.24. The van der Waals surface area contributed by atoms with Crippen molar-refractivity contribution in [1.29, 1.82) is 0 Å². The number of ether oxygens (including phenoxy) is 1. The molecule has 4 rings (SSSR count). The van der Waals surface area contributed by atoms with E-state index in [1.807, 2.05) is 31.2 Å². The average molecular weight is 394 g/mol. The molecule has 2 aromatic heterocycles. The summed E-state index contributed by atoms with van der Waals surface area (Å²) in [6.45, 7) is 2.09. The van der Waals surface area contributed by atoms with E-state index in [0.29, 0.717) is 23.8 Å². The van der Waals surface area contributed by atoms with Crippen LogP contribution in [0.15, 0.2) is 36.4 Å². The predicted molar refractivity (Wildman–Crippen MR) is 105 cm³/mol. The van der Waals surface area contributed by atoms with Crippen LogP contribution < -0.4 is 10.1 Å². The molecule has 8 heteroatoms. The number of rotatable bonds is 4. The molecule has 1 aliphatic heterocycles. The fourth-order valence-electron chi connectivity index (χ4n) is 3.37. The van der Waals surface area contributed by atoms with Gasteiger partial charge in [0.2, 0.25) is 5.91 Å². The normalized spacial score (nSPS) is 15.5. The van der Waals surface area contributed by atoms with E-state index < -0.39 is 0 Å². The van der Waals surface area contributed by atoms with E-state index in [0.717, 1.165) is 16.8 Å². The lowest BCUT2D eigenvalue weighted by atomic mass is 9.86. The SMILES string of the molecule is C#CCOc1cccc([C@@H]2CC(=O)Nc3c2c(C)nn3-c2ccc(Cl)nn2)c1. The van der Waals surface area contributed by atoms with Crippen molar-refractivity contribution < 1.29 is 9.53 Å². The zero-order valence-electron chi connectivity index (χ0n) is 15.0. The highest BCUT2D eigenvalue weighted by Gasteiger charge is 2.33. The second kappa shape index (κ2) is 7.33. The van der Waals surface area contributed by atoms with Gasteiger partial charge < -0.3 is 10.1 Å². The van der Waals surface area contributed by atoms with Gasteiger partial charge in [0.25, 0.3) is 0 Å². The summed E-state index contributed by atoms with van der Waals surface area (Å²) in [5.41, 5.74) is 2.69. The molecule has 3 heterocycles. The zero-order chi connectivity index (χ0) is 19.7. The minimum absolute atomic E-state index is 0.101. The molecule has 1 amide bonds. The molecule has 0 saturated heterocycles. The summed E-state index contributed by atoms with van der Waals surface area (Å²) in [6, 6.07) is 10.9. The number of hydrogen-bond acceptors (Lipinski definition) is 5. The molecule has 1 atom stereocenters. The number of halogens is 1. The van der Waals surface area contributed by atoms with Gasteiger partial charge in [0.05, 0.1) is 5.69 Å². The standard InChI is InChI=1S/C20H16ClN5O2/c1-3-9-28-14-6-4-5-13(10-14)15-11-18(27)22-20-19(15)12(2)25-26(20)17-8-7-16(21)23-24-17/h1,4-8,10,15H,9,11H2,2H3,(H,22,27)/t15-/m0/s1. The number of nitrogens with one attached hydrogen (secondary N) is 1. The first-order valence-corrected chi connectivity index (χ1v) is 9.00. The Balaban J connectivity index is 1.79. The van der Waals surface area contributed by atoms with Crippen LogP contribution in [-0.2, 0) is 4.79 Å². The fraction of sp³-hybridized carbons (Fsp3) is 0.200. The minimum atomic E-state index is -0.160. The molecule has 0 unspecified atom stereocenters. The number of nitrogens with zero attached hydrogens (tertiary/aromatic N) is 4. The van der Waals surface area contributed by atoms with Crippen LogP contribution in [0.4, 0.5) is 5.82 Å². The second-order valence-corrected chi connectivity index (χ2v) is 6.73. The molecule has 0 bridgehead atoms. The summed E-state index contributed by atoms with van der Waals surface area (Å²) < 4.78 is 7.11. The molecule has 1 aliphatic rings. The van der Waals surface area contributed by atoms with Crippen LogP contribution in [0.25, 0.3) is 5.82 Å². The first-order valence-electron chi connectivity index (χ1n) is 8.62. The number of terminal acetylenes is 1. The van der Waals surface area contributed by atoms with Crippen molar-refractivity contribution in [1.82, 2.24) is 20.0 Å². The molecule has 0 spiro atoms. The Kier molecular flexibility index (Phi) is 4.72. The second-order valence-electron chi connectivity index (χ2n) is 6.34. The van der Waals surface area contributed by atoms with Gasteiger partial charge in [-0.2, -0.15) is 9.78 Å². The number of carbonyl (C=O) groups is 1. The number of aryl methyl sites for hydroxylation is 1. The molecule has 1 aromatic carbocycles. The van der Waals surface area contributed by atoms with Crippen LogP contribution in [0.5, 0.6) is 5.75 Å². The van der Waals surface area contributed by atoms with E-state index in [9.17, 15) is 4.79 Å². The predicted octanol–water partition coefficient (Wildman–Crippen LogP) is 3.11. The van der Waals surface area contributed by atoms with Crippen LogP contribution >= 0.6 is 11.6 Å². The van der Waals surface area contributed by atoms with Crippen molar-refractivity contribution in [3.8, 4) is 23.9 Å². The van der Waals surface area contributed by atoms with E-state index in [2.05, 4.69) is 26.5 Å². The Morgan fingerprint density at radius 2 is 2.21 bits per heavy atom. The molecule has 0 saturated carbocycles. The molecule has 0 aliphatic carbocycles. The molecule has 0 fully saturated rings. The van der Waals surface area contributed by atoms with Gasteiger partial charge in [0.15, 0.2) is 11.0 Å². The third-order valence-corrected chi connectivity index (χ3v) is 4.72. The minimum Gasteiger partial charge on any atom is -0.481 e. The number of carbonyl (C=O) groups excluding carboxylic acids is 1. The highest BCUT2D eigenvalue weighted by molar-refractivity contribution is 6.29. The Morgan fingerprint density at radius 3 is 2.96 bits per heavy atom. The van der Waals surface area contributed by atoms with Crippen molar-refractivity contribution in [2.75, 3.05) is 11.9 Å². The Hall–Kier alpha value is -3.37. The highest BCUT2D eigenvalue weighted by atomic mass is 35.5. The summed E-state index contributed by atoms with van der Waals surface area (Å²) >= 11 is 5.83. The number of anilines is 1. The van der Waals surface area contributed by atoms with Gasteiger partial charge in [-0.25, -0.2) is 0 Å². The van der Waals surface area contributed by atoms with Gasteiger partial charge in [-0.3, -0.25) is 4.79 Å². The van der Waals surface area contributed by atoms with Gasteiger partial charge in [0.1, 0.15) is 18.2 Å². The fourth-order valence-corrected chi connectivity index (χ4v) is 3.47. The van der Waals surface area contributed by atoms with Gasteiger partial charge in [-0.05, 0) is 36.8 Å². The van der Waals surface area contributed by atoms with Gasteiger partial charge in [-0.1, -0.05) is 29.7 Å². The molecule has 140 valence electrons. The molecule has 0 radical (unpaired) electrons. The molecular weight excluding hydrogens is 378 g/mol. The highest BCUT2D eigenvalue weighted by Crippen LogP contribution is 2.40. The average Bonchev–Trinajstić information content (AvgIpc) is 3.03. The lowest BCUT2D eigenvalue weighted by Crippen LogP contribution is -2.25. The van der Waals surface area contributed by atoms with Crippen LogP contribution in [0.1, 0.15) is 29.2 Å². The maximum Gasteiger partial charge on any atom is 0.226 e. The number of aromatic nitrogens is 4. The van der Waals surface area contributed by atoms with Gasteiger partial charge in [0, 0.05) is 17.9 Å². The van der Waals surface area contributed by atoms with E-state index in [4.69, 9.17) is 22.8 Å². The topological polar surface area (TPSA) is 81.9 Å². The zero-order valence-corrected chi connectivity index (χ0v) is 15.8. The molecular formula is C20H16ClN5O2. The largest absolute Gasteiger partial charge is 0.481 e. The third-order valence-electron chi connectivity index (χ3n) is 4.52. The van der Waals surface area contributed by atoms with Crippen molar-refractivity contribution in [3.63, 3.8) is 0 Å². The summed E-state index contributed by atoms with van der Waals surface area (Å²) in [7, 11) is 0. The van der Waals surface area contributed by atoms with Crippen LogP contribution in [0, 0.1) is 19.3 Å². The van der Waals surface area contributed by atoms with Gasteiger partial charge >= 0.3 is 0 Å². The van der Waals surface area contributed by atoms with E-state index in [-0.39, 0.29) is 23.6 Å². The quantitative estimate of drug-likeness (QED) is 0.689. The molecule has 7 nitrogen and oxygen atoms in total. The number of amides is 1. The monoisotopic (exact) mass is 393 g/mol.